The molecule has 0 fully saturated rings. The molecule has 6 heteroatoms. The molecule has 0 spiro atoms. The van der Waals surface area contributed by atoms with Gasteiger partial charge >= 0.3 is 0 Å². The number of thioether (sulfide) groups is 1. The number of hydrogen-bond donors (Lipinski definition) is 1. The number of amides is 2. The van der Waals surface area contributed by atoms with E-state index in [9.17, 15) is 9.59 Å². The maximum absolute atomic E-state index is 13.0. The van der Waals surface area contributed by atoms with Crippen LogP contribution in [0.5, 0.6) is 0 Å². The summed E-state index contributed by atoms with van der Waals surface area (Å²) in [7, 11) is 0. The van der Waals surface area contributed by atoms with E-state index < -0.39 is 6.04 Å². The third-order valence-corrected chi connectivity index (χ3v) is 6.23. The minimum Gasteiger partial charge on any atom is -0.352 e. The molecular formula is C23H29BrN2O2S. The lowest BCUT2D eigenvalue weighted by atomic mass is 10.1. The number of nitrogens with zero attached hydrogens (tertiary/aromatic N) is 1. The average Bonchev–Trinajstić information content (AvgIpc) is 2.72. The highest BCUT2D eigenvalue weighted by molar-refractivity contribution is 9.10. The van der Waals surface area contributed by atoms with Gasteiger partial charge in [-0.25, -0.2) is 0 Å². The van der Waals surface area contributed by atoms with E-state index >= 15 is 0 Å². The Labute approximate surface area is 186 Å². The largest absolute Gasteiger partial charge is 0.352 e. The minimum absolute atomic E-state index is 0.0299. The van der Waals surface area contributed by atoms with Gasteiger partial charge in [0, 0.05) is 22.8 Å². The van der Waals surface area contributed by atoms with E-state index in [0.29, 0.717) is 12.3 Å². The van der Waals surface area contributed by atoms with E-state index in [2.05, 4.69) is 33.4 Å². The van der Waals surface area contributed by atoms with Gasteiger partial charge in [-0.15, -0.1) is 11.8 Å². The summed E-state index contributed by atoms with van der Waals surface area (Å²) >= 11 is 5.05. The zero-order valence-electron chi connectivity index (χ0n) is 17.2. The smallest absolute Gasteiger partial charge is 0.242 e. The van der Waals surface area contributed by atoms with Crippen molar-refractivity contribution >= 4 is 39.5 Å². The van der Waals surface area contributed by atoms with Crippen LogP contribution >= 0.6 is 27.7 Å². The van der Waals surface area contributed by atoms with Crippen LogP contribution in [0, 0.1) is 0 Å². The topological polar surface area (TPSA) is 49.4 Å². The Bertz CT molecular complexity index is 800. The zero-order valence-corrected chi connectivity index (χ0v) is 19.6. The van der Waals surface area contributed by atoms with Crippen LogP contribution in [0.1, 0.15) is 38.3 Å². The Morgan fingerprint density at radius 1 is 1.07 bits per heavy atom. The van der Waals surface area contributed by atoms with E-state index in [-0.39, 0.29) is 17.9 Å². The second-order valence-corrected chi connectivity index (χ2v) is 9.03. The first-order valence-electron chi connectivity index (χ1n) is 9.86. The lowest BCUT2D eigenvalue weighted by Gasteiger charge is -2.29. The Morgan fingerprint density at radius 3 is 2.41 bits per heavy atom. The van der Waals surface area contributed by atoms with Crippen molar-refractivity contribution in [3.8, 4) is 0 Å². The summed E-state index contributed by atoms with van der Waals surface area (Å²) in [6.45, 7) is 6.20. The number of carbonyl (C=O) groups excluding carboxylic acids is 2. The molecule has 0 unspecified atom stereocenters. The van der Waals surface area contributed by atoms with Gasteiger partial charge in [-0.3, -0.25) is 9.59 Å². The van der Waals surface area contributed by atoms with E-state index in [1.165, 1.54) is 5.56 Å². The maximum atomic E-state index is 13.0. The van der Waals surface area contributed by atoms with E-state index in [0.717, 1.165) is 22.2 Å². The Morgan fingerprint density at radius 2 is 1.76 bits per heavy atom. The molecule has 0 bridgehead atoms. The monoisotopic (exact) mass is 476 g/mol. The number of hydrogen-bond acceptors (Lipinski definition) is 3. The molecule has 0 aliphatic carbocycles. The molecule has 2 aromatic rings. The number of carbonyl (C=O) groups is 2. The molecular weight excluding hydrogens is 448 g/mol. The first kappa shape index (κ1) is 23.5. The van der Waals surface area contributed by atoms with Crippen molar-refractivity contribution < 1.29 is 9.59 Å². The standard InChI is InChI=1S/C23H29BrN2O2S/c1-4-17(2)25-23(28)18(3)26(14-20-11-8-12-21(24)13-20)22(27)16-29-15-19-9-6-5-7-10-19/h5-13,17-18H,4,14-16H2,1-3H3,(H,25,28)/t17-,18+/m0/s1. The second-order valence-electron chi connectivity index (χ2n) is 7.12. The van der Waals surface area contributed by atoms with Gasteiger partial charge in [0.1, 0.15) is 6.04 Å². The third kappa shape index (κ3) is 7.86. The Kier molecular flexibility index (Phi) is 9.74. The van der Waals surface area contributed by atoms with Gasteiger partial charge in [0.05, 0.1) is 5.75 Å². The molecule has 1 N–H and O–H groups in total. The molecule has 156 valence electrons. The van der Waals surface area contributed by atoms with Crippen LogP contribution in [-0.2, 0) is 21.9 Å². The highest BCUT2D eigenvalue weighted by atomic mass is 79.9. The fraction of sp³-hybridized carbons (Fsp3) is 0.391. The van der Waals surface area contributed by atoms with Crippen molar-refractivity contribution in [3.63, 3.8) is 0 Å². The van der Waals surface area contributed by atoms with E-state index in [1.54, 1.807) is 23.6 Å². The summed E-state index contributed by atoms with van der Waals surface area (Å²) in [4.78, 5) is 27.4. The fourth-order valence-corrected chi connectivity index (χ4v) is 4.11. The SMILES string of the molecule is CC[C@H](C)NC(=O)[C@@H](C)N(Cc1cccc(Br)c1)C(=O)CSCc1ccccc1. The Hall–Kier alpha value is -1.79. The zero-order chi connectivity index (χ0) is 21.2. The van der Waals surface area contributed by atoms with Gasteiger partial charge in [0.15, 0.2) is 0 Å². The number of halogens is 1. The van der Waals surface area contributed by atoms with Crippen molar-refractivity contribution in [1.82, 2.24) is 10.2 Å². The van der Waals surface area contributed by atoms with Crippen molar-refractivity contribution in [1.29, 1.82) is 0 Å². The maximum Gasteiger partial charge on any atom is 0.242 e. The molecule has 0 saturated heterocycles. The molecule has 0 aromatic heterocycles. The van der Waals surface area contributed by atoms with Crippen molar-refractivity contribution in [2.75, 3.05) is 5.75 Å². The van der Waals surface area contributed by atoms with Crippen molar-refractivity contribution in [2.24, 2.45) is 0 Å². The van der Waals surface area contributed by atoms with Gasteiger partial charge in [0.25, 0.3) is 0 Å². The first-order chi connectivity index (χ1) is 13.9. The van der Waals surface area contributed by atoms with Gasteiger partial charge < -0.3 is 10.2 Å². The summed E-state index contributed by atoms with van der Waals surface area (Å²) < 4.78 is 0.956. The minimum atomic E-state index is -0.534. The summed E-state index contributed by atoms with van der Waals surface area (Å²) in [5, 5.41) is 2.99. The van der Waals surface area contributed by atoms with Crippen LogP contribution < -0.4 is 5.32 Å². The van der Waals surface area contributed by atoms with Gasteiger partial charge in [-0.1, -0.05) is 65.3 Å². The molecule has 0 heterocycles. The lowest BCUT2D eigenvalue weighted by Crippen LogP contribution is -2.50. The molecule has 0 saturated carbocycles. The van der Waals surface area contributed by atoms with Crippen LogP contribution in [0.4, 0.5) is 0 Å². The predicted octanol–water partition coefficient (Wildman–Crippen LogP) is 5.01. The van der Waals surface area contributed by atoms with E-state index in [1.807, 2.05) is 56.3 Å². The normalized spacial score (nSPS) is 12.8. The van der Waals surface area contributed by atoms with Gasteiger partial charge in [0.2, 0.25) is 11.8 Å². The molecule has 4 nitrogen and oxygen atoms in total. The van der Waals surface area contributed by atoms with Crippen LogP contribution in [-0.4, -0.2) is 34.6 Å². The summed E-state index contributed by atoms with van der Waals surface area (Å²) in [5.41, 5.74) is 2.18. The molecule has 29 heavy (non-hydrogen) atoms. The summed E-state index contributed by atoms with van der Waals surface area (Å²) in [5.74, 6) is 0.961. The van der Waals surface area contributed by atoms with Crippen LogP contribution in [0.25, 0.3) is 0 Å². The number of benzene rings is 2. The van der Waals surface area contributed by atoms with Crippen LogP contribution in [0.3, 0.4) is 0 Å². The van der Waals surface area contributed by atoms with Gasteiger partial charge in [-0.2, -0.15) is 0 Å². The molecule has 0 aliphatic rings. The number of nitrogens with one attached hydrogen (secondary N) is 1. The lowest BCUT2D eigenvalue weighted by molar-refractivity contribution is -0.138. The highest BCUT2D eigenvalue weighted by Crippen LogP contribution is 2.18. The van der Waals surface area contributed by atoms with Crippen molar-refractivity contribution in [2.45, 2.75) is 51.6 Å². The second kappa shape index (κ2) is 12.0. The summed E-state index contributed by atoms with van der Waals surface area (Å²) in [6, 6.07) is 17.5. The third-order valence-electron chi connectivity index (χ3n) is 4.75. The molecule has 2 rings (SSSR count). The molecule has 2 amide bonds. The van der Waals surface area contributed by atoms with Crippen molar-refractivity contribution in [3.05, 3.63) is 70.2 Å². The van der Waals surface area contributed by atoms with E-state index in [4.69, 9.17) is 0 Å². The number of rotatable bonds is 10. The quantitative estimate of drug-likeness (QED) is 0.523. The fourth-order valence-electron chi connectivity index (χ4n) is 2.79. The molecule has 0 aliphatic heterocycles. The first-order valence-corrected chi connectivity index (χ1v) is 11.8. The van der Waals surface area contributed by atoms with Crippen LogP contribution in [0.15, 0.2) is 59.1 Å². The van der Waals surface area contributed by atoms with Gasteiger partial charge in [-0.05, 0) is 43.5 Å². The summed E-state index contributed by atoms with van der Waals surface area (Å²) in [6.07, 6.45) is 0.852. The van der Waals surface area contributed by atoms with Crippen LogP contribution in [0.2, 0.25) is 0 Å². The molecule has 2 atom stereocenters. The molecule has 2 aromatic carbocycles. The predicted molar refractivity (Wildman–Crippen MR) is 125 cm³/mol. The average molecular weight is 477 g/mol. The molecule has 0 radical (unpaired) electrons. The highest BCUT2D eigenvalue weighted by Gasteiger charge is 2.26. The Balaban J connectivity index is 2.07.